The Labute approximate surface area is 167 Å². The summed E-state index contributed by atoms with van der Waals surface area (Å²) in [6.07, 6.45) is -1.76. The molecule has 1 heterocycles. The van der Waals surface area contributed by atoms with Crippen LogP contribution < -0.4 is 15.4 Å². The molecule has 2 aromatic rings. The SMILES string of the molecule is CCNC(=NCc1ccc(C)cc1OCC(F)(F)F)NCCc1ncc(C)s1. The zero-order valence-corrected chi connectivity index (χ0v) is 17.0. The van der Waals surface area contributed by atoms with Crippen LogP contribution >= 0.6 is 11.3 Å². The van der Waals surface area contributed by atoms with E-state index in [4.69, 9.17) is 4.74 Å². The smallest absolute Gasteiger partial charge is 0.422 e. The van der Waals surface area contributed by atoms with Crippen LogP contribution in [0, 0.1) is 13.8 Å². The van der Waals surface area contributed by atoms with Gasteiger partial charge in [-0.05, 0) is 32.4 Å². The van der Waals surface area contributed by atoms with Crippen molar-refractivity contribution < 1.29 is 17.9 Å². The summed E-state index contributed by atoms with van der Waals surface area (Å²) < 4.78 is 42.5. The largest absolute Gasteiger partial charge is 0.484 e. The number of nitrogens with one attached hydrogen (secondary N) is 2. The molecule has 1 aromatic heterocycles. The number of aromatic nitrogens is 1. The van der Waals surface area contributed by atoms with Gasteiger partial charge in [-0.2, -0.15) is 13.2 Å². The highest BCUT2D eigenvalue weighted by molar-refractivity contribution is 7.11. The van der Waals surface area contributed by atoms with Crippen molar-refractivity contribution in [3.05, 3.63) is 45.4 Å². The Morgan fingerprint density at radius 1 is 1.25 bits per heavy atom. The van der Waals surface area contributed by atoms with Gasteiger partial charge in [0.2, 0.25) is 0 Å². The van der Waals surface area contributed by atoms with Crippen LogP contribution in [0.3, 0.4) is 0 Å². The Bertz CT molecular complexity index is 790. The molecule has 9 heteroatoms. The minimum atomic E-state index is -4.38. The first-order valence-electron chi connectivity index (χ1n) is 8.99. The van der Waals surface area contributed by atoms with Crippen LogP contribution in [0.15, 0.2) is 29.4 Å². The molecule has 2 rings (SSSR count). The summed E-state index contributed by atoms with van der Waals surface area (Å²) in [6.45, 7) is 5.99. The van der Waals surface area contributed by atoms with Crippen LogP contribution in [-0.4, -0.2) is 36.8 Å². The van der Waals surface area contributed by atoms with Crippen molar-refractivity contribution in [3.8, 4) is 5.75 Å². The van der Waals surface area contributed by atoms with Gasteiger partial charge in [0.1, 0.15) is 5.75 Å². The normalized spacial score (nSPS) is 12.1. The molecule has 0 amide bonds. The molecular formula is C19H25F3N4OS. The fourth-order valence-electron chi connectivity index (χ4n) is 2.40. The summed E-state index contributed by atoms with van der Waals surface area (Å²) in [5, 5.41) is 7.40. The Kier molecular flexibility index (Phi) is 8.10. The zero-order chi connectivity index (χ0) is 20.6. The number of aliphatic imine (C=N–C) groups is 1. The lowest BCUT2D eigenvalue weighted by molar-refractivity contribution is -0.153. The molecule has 0 aliphatic heterocycles. The van der Waals surface area contributed by atoms with E-state index in [1.54, 1.807) is 30.4 Å². The van der Waals surface area contributed by atoms with E-state index in [1.807, 2.05) is 26.1 Å². The molecule has 0 unspecified atom stereocenters. The average molecular weight is 414 g/mol. The highest BCUT2D eigenvalue weighted by atomic mass is 32.1. The van der Waals surface area contributed by atoms with Crippen LogP contribution in [0.4, 0.5) is 13.2 Å². The number of alkyl halides is 3. The summed E-state index contributed by atoms with van der Waals surface area (Å²) in [5.41, 5.74) is 1.43. The maximum absolute atomic E-state index is 12.5. The van der Waals surface area contributed by atoms with E-state index >= 15 is 0 Å². The summed E-state index contributed by atoms with van der Waals surface area (Å²) in [6, 6.07) is 5.17. The van der Waals surface area contributed by atoms with Gasteiger partial charge in [-0.3, -0.25) is 0 Å². The van der Waals surface area contributed by atoms with E-state index < -0.39 is 12.8 Å². The molecule has 1 aromatic carbocycles. The minimum absolute atomic E-state index is 0.204. The molecule has 0 saturated carbocycles. The van der Waals surface area contributed by atoms with Crippen LogP contribution in [0.25, 0.3) is 0 Å². The number of thiazole rings is 1. The predicted octanol–water partition coefficient (Wildman–Crippen LogP) is 4.00. The monoisotopic (exact) mass is 414 g/mol. The van der Waals surface area contributed by atoms with Crippen molar-refractivity contribution in [1.82, 2.24) is 15.6 Å². The van der Waals surface area contributed by atoms with Gasteiger partial charge in [-0.1, -0.05) is 12.1 Å². The van der Waals surface area contributed by atoms with Crippen molar-refractivity contribution in [2.24, 2.45) is 4.99 Å². The molecule has 0 aliphatic carbocycles. The lowest BCUT2D eigenvalue weighted by Gasteiger charge is -2.14. The second-order valence-corrected chi connectivity index (χ2v) is 7.57. The maximum Gasteiger partial charge on any atom is 0.422 e. The topological polar surface area (TPSA) is 58.5 Å². The standard InChI is InChI=1S/C19H25F3N4OS/c1-4-23-18(24-8-7-17-25-10-14(3)28-17)26-11-15-6-5-13(2)9-16(15)27-12-19(20,21)22/h5-6,9-10H,4,7-8,11-12H2,1-3H3,(H2,23,24,26). The number of aryl methyl sites for hydroxylation is 2. The van der Waals surface area contributed by atoms with Gasteiger partial charge < -0.3 is 15.4 Å². The molecule has 0 aliphatic rings. The molecule has 0 atom stereocenters. The number of hydrogen-bond donors (Lipinski definition) is 2. The highest BCUT2D eigenvalue weighted by Gasteiger charge is 2.28. The van der Waals surface area contributed by atoms with E-state index in [0.717, 1.165) is 17.0 Å². The molecule has 0 fully saturated rings. The van der Waals surface area contributed by atoms with Gasteiger partial charge in [0, 0.05) is 36.1 Å². The number of hydrogen-bond acceptors (Lipinski definition) is 4. The Morgan fingerprint density at radius 2 is 2.04 bits per heavy atom. The first-order valence-corrected chi connectivity index (χ1v) is 9.81. The minimum Gasteiger partial charge on any atom is -0.484 e. The van der Waals surface area contributed by atoms with E-state index in [9.17, 15) is 13.2 Å². The number of rotatable bonds is 8. The third-order valence-electron chi connectivity index (χ3n) is 3.67. The molecule has 0 radical (unpaired) electrons. The molecule has 0 saturated heterocycles. The number of benzene rings is 1. The first-order chi connectivity index (χ1) is 13.3. The lowest BCUT2D eigenvalue weighted by atomic mass is 10.1. The fraction of sp³-hybridized carbons (Fsp3) is 0.474. The number of halogens is 3. The molecule has 154 valence electrons. The first kappa shape index (κ1) is 22.0. The van der Waals surface area contributed by atoms with E-state index in [1.165, 1.54) is 4.88 Å². The van der Waals surface area contributed by atoms with Gasteiger partial charge in [-0.15, -0.1) is 11.3 Å². The van der Waals surface area contributed by atoms with Gasteiger partial charge in [0.05, 0.1) is 11.6 Å². The van der Waals surface area contributed by atoms with Crippen LogP contribution in [-0.2, 0) is 13.0 Å². The van der Waals surface area contributed by atoms with E-state index in [0.29, 0.717) is 24.6 Å². The predicted molar refractivity (Wildman–Crippen MR) is 106 cm³/mol. The van der Waals surface area contributed by atoms with Crippen molar-refractivity contribution >= 4 is 17.3 Å². The fourth-order valence-corrected chi connectivity index (χ4v) is 3.18. The zero-order valence-electron chi connectivity index (χ0n) is 16.2. The van der Waals surface area contributed by atoms with E-state index in [2.05, 4.69) is 20.6 Å². The quantitative estimate of drug-likeness (QED) is 0.506. The number of ether oxygens (including phenoxy) is 1. The van der Waals surface area contributed by atoms with Crippen molar-refractivity contribution in [2.45, 2.75) is 39.9 Å². The van der Waals surface area contributed by atoms with Gasteiger partial charge in [0.15, 0.2) is 12.6 Å². The summed E-state index contributed by atoms with van der Waals surface area (Å²) in [5.74, 6) is 0.799. The molecular weight excluding hydrogens is 389 g/mol. The Morgan fingerprint density at radius 3 is 2.68 bits per heavy atom. The lowest BCUT2D eigenvalue weighted by Crippen LogP contribution is -2.38. The average Bonchev–Trinajstić information content (AvgIpc) is 3.03. The number of nitrogens with zero attached hydrogens (tertiary/aromatic N) is 2. The van der Waals surface area contributed by atoms with E-state index in [-0.39, 0.29) is 12.3 Å². The van der Waals surface area contributed by atoms with Crippen LogP contribution in [0.5, 0.6) is 5.75 Å². The maximum atomic E-state index is 12.5. The van der Waals surface area contributed by atoms with Gasteiger partial charge >= 0.3 is 6.18 Å². The van der Waals surface area contributed by atoms with Crippen molar-refractivity contribution in [2.75, 3.05) is 19.7 Å². The second kappa shape index (κ2) is 10.3. The van der Waals surface area contributed by atoms with Crippen molar-refractivity contribution in [3.63, 3.8) is 0 Å². The molecule has 0 spiro atoms. The van der Waals surface area contributed by atoms with Crippen LogP contribution in [0.2, 0.25) is 0 Å². The van der Waals surface area contributed by atoms with Crippen LogP contribution in [0.1, 0.15) is 27.9 Å². The number of guanidine groups is 1. The summed E-state index contributed by atoms with van der Waals surface area (Å²) >= 11 is 1.65. The van der Waals surface area contributed by atoms with Gasteiger partial charge in [-0.25, -0.2) is 9.98 Å². The summed E-state index contributed by atoms with van der Waals surface area (Å²) in [7, 11) is 0. The molecule has 0 bridgehead atoms. The molecule has 2 N–H and O–H groups in total. The highest BCUT2D eigenvalue weighted by Crippen LogP contribution is 2.24. The third kappa shape index (κ3) is 7.75. The Balaban J connectivity index is 2.00. The second-order valence-electron chi connectivity index (χ2n) is 6.25. The Hall–Kier alpha value is -2.29. The molecule has 5 nitrogen and oxygen atoms in total. The summed E-state index contributed by atoms with van der Waals surface area (Å²) in [4.78, 5) is 9.96. The third-order valence-corrected chi connectivity index (χ3v) is 4.64. The molecule has 28 heavy (non-hydrogen) atoms. The van der Waals surface area contributed by atoms with Crippen molar-refractivity contribution in [1.29, 1.82) is 0 Å². The van der Waals surface area contributed by atoms with Gasteiger partial charge in [0.25, 0.3) is 0 Å².